The summed E-state index contributed by atoms with van der Waals surface area (Å²) >= 11 is 6.04. The molecule has 0 saturated heterocycles. The van der Waals surface area contributed by atoms with Crippen molar-refractivity contribution in [2.75, 3.05) is 7.11 Å². The molecule has 4 N–H and O–H groups in total. The number of hydrogen-bond donors (Lipinski definition) is 2. The minimum Gasteiger partial charge on any atom is -0.496 e. The van der Waals surface area contributed by atoms with E-state index < -0.39 is 0 Å². The van der Waals surface area contributed by atoms with Gasteiger partial charge in [0.05, 0.1) is 13.0 Å². The average molecular weight is 296 g/mol. The smallest absolute Gasteiger partial charge is 0.253 e. The highest BCUT2D eigenvalue weighted by Gasteiger charge is 2.63. The maximum absolute atomic E-state index is 12.1. The van der Waals surface area contributed by atoms with Crippen molar-refractivity contribution in [1.29, 1.82) is 0 Å². The van der Waals surface area contributed by atoms with E-state index in [1.165, 1.54) is 0 Å². The summed E-state index contributed by atoms with van der Waals surface area (Å²) in [6.07, 6.45) is 0. The Balaban J connectivity index is 2.37. The van der Waals surface area contributed by atoms with Crippen LogP contribution < -0.4 is 16.2 Å². The van der Waals surface area contributed by atoms with Gasteiger partial charge in [0.2, 0.25) is 0 Å². The van der Waals surface area contributed by atoms with E-state index in [0.717, 1.165) is 5.56 Å². The minimum absolute atomic E-state index is 0.00764. The van der Waals surface area contributed by atoms with Gasteiger partial charge in [-0.05, 0) is 23.6 Å². The lowest BCUT2D eigenvalue weighted by molar-refractivity contribution is -0.119. The number of ether oxygens (including phenoxy) is 1. The second kappa shape index (κ2) is 4.98. The van der Waals surface area contributed by atoms with Crippen LogP contribution in [-0.4, -0.2) is 19.0 Å². The summed E-state index contributed by atoms with van der Waals surface area (Å²) in [5, 5.41) is 0.608. The molecule has 20 heavy (non-hydrogen) atoms. The third-order valence-corrected chi connectivity index (χ3v) is 4.09. The van der Waals surface area contributed by atoms with Gasteiger partial charge in [0.1, 0.15) is 5.75 Å². The maximum atomic E-state index is 12.1. The van der Waals surface area contributed by atoms with E-state index in [9.17, 15) is 4.79 Å². The summed E-state index contributed by atoms with van der Waals surface area (Å²) in [6, 6.07) is 5.38. The van der Waals surface area contributed by atoms with E-state index in [1.807, 2.05) is 19.9 Å². The van der Waals surface area contributed by atoms with Crippen molar-refractivity contribution < 1.29 is 9.53 Å². The molecule has 108 valence electrons. The Morgan fingerprint density at radius 3 is 2.60 bits per heavy atom. The first-order valence-electron chi connectivity index (χ1n) is 6.26. The number of rotatable bonds is 3. The lowest BCUT2D eigenvalue weighted by Gasteiger charge is -2.09. The van der Waals surface area contributed by atoms with Crippen LogP contribution in [-0.2, 0) is 4.79 Å². The monoisotopic (exact) mass is 295 g/mol. The first kappa shape index (κ1) is 14.7. The lowest BCUT2D eigenvalue weighted by Crippen LogP contribution is -2.25. The van der Waals surface area contributed by atoms with E-state index in [4.69, 9.17) is 27.8 Å². The number of nitrogens with zero attached hydrogens (tertiary/aromatic N) is 1. The van der Waals surface area contributed by atoms with Crippen LogP contribution in [0.4, 0.5) is 0 Å². The predicted molar refractivity (Wildman–Crippen MR) is 78.8 cm³/mol. The number of methoxy groups -OCH3 is 1. The molecule has 5 nitrogen and oxygen atoms in total. The van der Waals surface area contributed by atoms with Crippen LogP contribution in [0.25, 0.3) is 0 Å². The zero-order valence-electron chi connectivity index (χ0n) is 11.7. The number of carbonyl (C=O) groups excluding carboxylic acids is 1. The summed E-state index contributed by atoms with van der Waals surface area (Å²) in [7, 11) is 1.59. The van der Waals surface area contributed by atoms with E-state index >= 15 is 0 Å². The highest BCUT2D eigenvalue weighted by molar-refractivity contribution is 6.30. The molecule has 2 unspecified atom stereocenters. The molecule has 0 aliphatic heterocycles. The Labute approximate surface area is 122 Å². The molecule has 1 aliphatic carbocycles. The van der Waals surface area contributed by atoms with Gasteiger partial charge < -0.3 is 16.2 Å². The molecule has 6 heteroatoms. The van der Waals surface area contributed by atoms with Crippen molar-refractivity contribution in [3.05, 3.63) is 28.8 Å². The fourth-order valence-electron chi connectivity index (χ4n) is 2.82. The van der Waals surface area contributed by atoms with Gasteiger partial charge in [0.25, 0.3) is 5.91 Å². The van der Waals surface area contributed by atoms with Crippen molar-refractivity contribution in [3.63, 3.8) is 0 Å². The molecule has 1 aromatic carbocycles. The quantitative estimate of drug-likeness (QED) is 0.658. The number of aliphatic imine (C=N–C) groups is 1. The Hall–Kier alpha value is -1.75. The van der Waals surface area contributed by atoms with Crippen LogP contribution in [0.2, 0.25) is 5.02 Å². The molecule has 1 fully saturated rings. The number of nitrogens with two attached hydrogens (primary N) is 2. The van der Waals surface area contributed by atoms with Gasteiger partial charge in [-0.3, -0.25) is 4.79 Å². The molecule has 0 aromatic heterocycles. The molecule has 2 atom stereocenters. The predicted octanol–water partition coefficient (Wildman–Crippen LogP) is 1.89. The number of amides is 1. The number of benzene rings is 1. The second-order valence-electron chi connectivity index (χ2n) is 5.54. The van der Waals surface area contributed by atoms with Crippen molar-refractivity contribution in [3.8, 4) is 5.75 Å². The van der Waals surface area contributed by atoms with E-state index in [1.54, 1.807) is 19.2 Å². The number of halogens is 1. The molecule has 1 saturated carbocycles. The minimum atomic E-state index is -0.304. The summed E-state index contributed by atoms with van der Waals surface area (Å²) < 4.78 is 5.35. The number of guanidine groups is 1. The van der Waals surface area contributed by atoms with E-state index in [-0.39, 0.29) is 29.1 Å². The van der Waals surface area contributed by atoms with Gasteiger partial charge in [-0.25, -0.2) is 0 Å². The molecular weight excluding hydrogens is 278 g/mol. The highest BCUT2D eigenvalue weighted by atomic mass is 35.5. The summed E-state index contributed by atoms with van der Waals surface area (Å²) in [6.45, 7) is 4.01. The summed E-state index contributed by atoms with van der Waals surface area (Å²) in [4.78, 5) is 15.7. The first-order chi connectivity index (χ1) is 9.28. The third-order valence-electron chi connectivity index (χ3n) is 3.86. The molecule has 0 spiro atoms. The zero-order chi connectivity index (χ0) is 15.1. The van der Waals surface area contributed by atoms with Crippen LogP contribution in [0.1, 0.15) is 25.3 Å². The lowest BCUT2D eigenvalue weighted by atomic mass is 10.0. The fraction of sp³-hybridized carbons (Fsp3) is 0.429. The van der Waals surface area contributed by atoms with Crippen molar-refractivity contribution in [2.24, 2.45) is 27.8 Å². The van der Waals surface area contributed by atoms with Gasteiger partial charge in [-0.15, -0.1) is 0 Å². The molecule has 0 radical (unpaired) electrons. The third kappa shape index (κ3) is 2.45. The van der Waals surface area contributed by atoms with E-state index in [0.29, 0.717) is 10.8 Å². The molecule has 1 amide bonds. The van der Waals surface area contributed by atoms with Crippen LogP contribution in [0, 0.1) is 11.3 Å². The molecule has 2 rings (SSSR count). The first-order valence-corrected chi connectivity index (χ1v) is 6.63. The summed E-state index contributed by atoms with van der Waals surface area (Å²) in [5.41, 5.74) is 11.2. The van der Waals surface area contributed by atoms with E-state index in [2.05, 4.69) is 4.99 Å². The Morgan fingerprint density at radius 2 is 2.05 bits per heavy atom. The van der Waals surface area contributed by atoms with Crippen LogP contribution >= 0.6 is 11.6 Å². The van der Waals surface area contributed by atoms with Gasteiger partial charge in [-0.2, -0.15) is 4.99 Å². The van der Waals surface area contributed by atoms with Crippen molar-refractivity contribution >= 4 is 23.5 Å². The van der Waals surface area contributed by atoms with Crippen LogP contribution in [0.5, 0.6) is 5.75 Å². The van der Waals surface area contributed by atoms with Gasteiger partial charge in [-0.1, -0.05) is 25.4 Å². The number of carbonyl (C=O) groups is 1. The van der Waals surface area contributed by atoms with Crippen LogP contribution in [0.15, 0.2) is 23.2 Å². The van der Waals surface area contributed by atoms with Crippen molar-refractivity contribution in [2.45, 2.75) is 19.8 Å². The largest absolute Gasteiger partial charge is 0.496 e. The highest BCUT2D eigenvalue weighted by Crippen LogP contribution is 2.66. The Bertz CT molecular complexity index is 580. The van der Waals surface area contributed by atoms with Crippen molar-refractivity contribution in [1.82, 2.24) is 0 Å². The molecule has 0 heterocycles. The molecule has 1 aromatic rings. The second-order valence-corrected chi connectivity index (χ2v) is 5.97. The topological polar surface area (TPSA) is 90.7 Å². The SMILES string of the molecule is COc1ccc(Cl)cc1C1C(C(=O)N=C(N)N)C1(C)C. The van der Waals surface area contributed by atoms with Gasteiger partial charge >= 0.3 is 0 Å². The summed E-state index contributed by atoms with van der Waals surface area (Å²) in [5.74, 6) is -0.0762. The molecule has 0 bridgehead atoms. The molecule has 1 aliphatic rings. The Morgan fingerprint density at radius 1 is 1.40 bits per heavy atom. The zero-order valence-corrected chi connectivity index (χ0v) is 12.4. The van der Waals surface area contributed by atoms with Gasteiger partial charge in [0, 0.05) is 16.5 Å². The normalized spacial score (nSPS) is 23.0. The Kier molecular flexibility index (Phi) is 3.65. The fourth-order valence-corrected chi connectivity index (χ4v) is 3.00. The standard InChI is InChI=1S/C14H18ClN3O2/c1-14(2)10(11(14)12(19)18-13(16)17)8-6-7(15)4-5-9(8)20-3/h4-6,10-11H,1-3H3,(H4,16,17,18,19). The maximum Gasteiger partial charge on any atom is 0.253 e. The van der Waals surface area contributed by atoms with Crippen LogP contribution in [0.3, 0.4) is 0 Å². The average Bonchev–Trinajstić information content (AvgIpc) is 2.91. The number of hydrogen-bond acceptors (Lipinski definition) is 2. The molecular formula is C14H18ClN3O2. The van der Waals surface area contributed by atoms with Gasteiger partial charge in [0.15, 0.2) is 5.96 Å².